The summed E-state index contributed by atoms with van der Waals surface area (Å²) in [6, 6.07) is 10.1. The molecule has 2 aromatic carbocycles. The number of methoxy groups -OCH3 is 1. The monoisotopic (exact) mass is 409 g/mol. The molecule has 0 amide bonds. The molecule has 0 atom stereocenters. The van der Waals surface area contributed by atoms with E-state index in [2.05, 4.69) is 6.58 Å². The molecule has 6 heteroatoms. The number of hydrogen-bond acceptors (Lipinski definition) is 4. The average molecular weight is 409 g/mol. The lowest BCUT2D eigenvalue weighted by molar-refractivity contribution is -0.142. The minimum atomic E-state index is -0.558. The Morgan fingerprint density at radius 3 is 2.50 bits per heavy atom. The van der Waals surface area contributed by atoms with E-state index < -0.39 is 5.82 Å². The zero-order chi connectivity index (χ0) is 21.8. The third kappa shape index (κ3) is 4.13. The summed E-state index contributed by atoms with van der Waals surface area (Å²) in [5.74, 6) is -1.10. The first-order chi connectivity index (χ1) is 14.4. The summed E-state index contributed by atoms with van der Waals surface area (Å²) >= 11 is 0. The van der Waals surface area contributed by atoms with Crippen molar-refractivity contribution in [2.75, 3.05) is 13.7 Å². The van der Waals surface area contributed by atoms with Crippen LogP contribution in [0.5, 0.6) is 5.75 Å². The van der Waals surface area contributed by atoms with Gasteiger partial charge in [-0.3, -0.25) is 14.2 Å². The van der Waals surface area contributed by atoms with Crippen molar-refractivity contribution in [3.63, 3.8) is 0 Å². The third-order valence-electron chi connectivity index (χ3n) is 5.05. The number of nitrogens with zero attached hydrogens (tertiary/aromatic N) is 1. The van der Waals surface area contributed by atoms with E-state index in [4.69, 9.17) is 9.47 Å². The minimum absolute atomic E-state index is 0.0814. The smallest absolute Gasteiger partial charge is 0.306 e. The van der Waals surface area contributed by atoms with Gasteiger partial charge in [0.05, 0.1) is 12.6 Å². The summed E-state index contributed by atoms with van der Waals surface area (Å²) < 4.78 is 26.1. The van der Waals surface area contributed by atoms with E-state index in [9.17, 15) is 14.0 Å². The number of aryl methyl sites for hydroxylation is 2. The van der Waals surface area contributed by atoms with Crippen LogP contribution in [0.15, 0.2) is 49.1 Å². The molecule has 1 heterocycles. The Balaban J connectivity index is 2.10. The topological polar surface area (TPSA) is 57.5 Å². The van der Waals surface area contributed by atoms with Gasteiger partial charge in [0.2, 0.25) is 0 Å². The maximum absolute atomic E-state index is 14.5. The first-order valence-electron chi connectivity index (χ1n) is 9.62. The Bertz CT molecular complexity index is 1110. The van der Waals surface area contributed by atoms with Gasteiger partial charge < -0.3 is 9.47 Å². The summed E-state index contributed by atoms with van der Waals surface area (Å²) in [7, 11) is 1.39. The molecule has 0 fully saturated rings. The quantitative estimate of drug-likeness (QED) is 0.417. The summed E-state index contributed by atoms with van der Waals surface area (Å²) in [6.45, 7) is 7.40. The summed E-state index contributed by atoms with van der Waals surface area (Å²) in [6.07, 6.45) is 1.98. The fourth-order valence-electron chi connectivity index (χ4n) is 3.49. The van der Waals surface area contributed by atoms with Crippen molar-refractivity contribution in [2.24, 2.45) is 0 Å². The fourth-order valence-corrected chi connectivity index (χ4v) is 3.49. The molecule has 0 saturated carbocycles. The van der Waals surface area contributed by atoms with E-state index in [1.165, 1.54) is 23.8 Å². The van der Waals surface area contributed by atoms with E-state index in [0.29, 0.717) is 28.6 Å². The summed E-state index contributed by atoms with van der Waals surface area (Å²) in [5.41, 5.74) is 3.40. The van der Waals surface area contributed by atoms with E-state index in [-0.39, 0.29) is 30.7 Å². The lowest BCUT2D eigenvalue weighted by Crippen LogP contribution is -2.14. The molecule has 0 unspecified atom stereocenters. The first kappa shape index (κ1) is 21.3. The summed E-state index contributed by atoms with van der Waals surface area (Å²) in [5, 5.41) is 0.669. The van der Waals surface area contributed by atoms with Crippen LogP contribution >= 0.6 is 0 Å². The van der Waals surface area contributed by atoms with Crippen LogP contribution in [0.4, 0.5) is 4.39 Å². The second-order valence-corrected chi connectivity index (χ2v) is 7.05. The average Bonchev–Trinajstić information content (AvgIpc) is 3.00. The maximum atomic E-state index is 14.5. The first-order valence-corrected chi connectivity index (χ1v) is 9.62. The number of esters is 1. The number of benzene rings is 2. The van der Waals surface area contributed by atoms with Crippen LogP contribution in [0, 0.1) is 19.7 Å². The van der Waals surface area contributed by atoms with Crippen LogP contribution in [0.2, 0.25) is 0 Å². The number of ether oxygens (including phenoxy) is 2. The van der Waals surface area contributed by atoms with Crippen LogP contribution in [-0.2, 0) is 16.0 Å². The van der Waals surface area contributed by atoms with Crippen LogP contribution in [0.25, 0.3) is 10.9 Å². The second kappa shape index (κ2) is 8.95. The molecule has 0 aliphatic heterocycles. The second-order valence-electron chi connectivity index (χ2n) is 7.05. The Hall–Kier alpha value is -3.41. The van der Waals surface area contributed by atoms with Gasteiger partial charge in [-0.25, -0.2) is 4.39 Å². The molecule has 0 aliphatic rings. The molecule has 0 N–H and O–H groups in total. The SMILES string of the molecule is C=CCOC(=O)CCc1c(C)n(C(=O)c2ccc(C)cc2)c2cc(F)c(OC)cc12. The largest absolute Gasteiger partial charge is 0.494 e. The predicted molar refractivity (Wildman–Crippen MR) is 114 cm³/mol. The summed E-state index contributed by atoms with van der Waals surface area (Å²) in [4.78, 5) is 25.2. The molecule has 0 bridgehead atoms. The normalized spacial score (nSPS) is 10.8. The number of halogens is 1. The molecule has 0 aliphatic carbocycles. The standard InChI is InChI=1S/C24H24FNO4/c1-5-12-30-23(27)11-10-18-16(3)26(24(28)17-8-6-15(2)7-9-17)21-14-20(25)22(29-4)13-19(18)21/h5-9,13-14H,1,10-12H2,2-4H3. The zero-order valence-electron chi connectivity index (χ0n) is 17.3. The highest BCUT2D eigenvalue weighted by Gasteiger charge is 2.22. The molecule has 0 radical (unpaired) electrons. The van der Waals surface area contributed by atoms with Crippen molar-refractivity contribution in [1.82, 2.24) is 4.57 Å². The molecule has 3 rings (SSSR count). The molecule has 0 saturated heterocycles. The Kier molecular flexibility index (Phi) is 6.35. The van der Waals surface area contributed by atoms with E-state index >= 15 is 0 Å². The molecule has 0 spiro atoms. The molecule has 1 aromatic heterocycles. The number of carbonyl (C=O) groups excluding carboxylic acids is 2. The zero-order valence-corrected chi connectivity index (χ0v) is 17.3. The van der Waals surface area contributed by atoms with Gasteiger partial charge in [0.15, 0.2) is 11.6 Å². The van der Waals surface area contributed by atoms with Crippen molar-refractivity contribution in [3.05, 3.63) is 77.3 Å². The fraction of sp³-hybridized carbons (Fsp3) is 0.250. The highest BCUT2D eigenvalue weighted by atomic mass is 19.1. The van der Waals surface area contributed by atoms with Crippen molar-refractivity contribution in [2.45, 2.75) is 26.7 Å². The highest BCUT2D eigenvalue weighted by molar-refractivity contribution is 6.04. The maximum Gasteiger partial charge on any atom is 0.306 e. The Labute approximate surface area is 174 Å². The molecule has 5 nitrogen and oxygen atoms in total. The van der Waals surface area contributed by atoms with E-state index in [1.807, 2.05) is 19.1 Å². The van der Waals surface area contributed by atoms with Crippen molar-refractivity contribution < 1.29 is 23.5 Å². The Morgan fingerprint density at radius 2 is 1.87 bits per heavy atom. The van der Waals surface area contributed by atoms with E-state index in [1.54, 1.807) is 25.1 Å². The highest BCUT2D eigenvalue weighted by Crippen LogP contribution is 2.33. The van der Waals surface area contributed by atoms with Crippen molar-refractivity contribution in [3.8, 4) is 5.75 Å². The minimum Gasteiger partial charge on any atom is -0.494 e. The van der Waals surface area contributed by atoms with Gasteiger partial charge >= 0.3 is 5.97 Å². The predicted octanol–water partition coefficient (Wildman–Crippen LogP) is 4.76. The number of rotatable bonds is 7. The Morgan fingerprint density at radius 1 is 1.17 bits per heavy atom. The van der Waals surface area contributed by atoms with Crippen LogP contribution in [0.3, 0.4) is 0 Å². The molecule has 30 heavy (non-hydrogen) atoms. The number of aromatic nitrogens is 1. The molecular weight excluding hydrogens is 385 g/mol. The van der Waals surface area contributed by atoms with E-state index in [0.717, 1.165) is 11.1 Å². The van der Waals surface area contributed by atoms with Crippen molar-refractivity contribution in [1.29, 1.82) is 0 Å². The van der Waals surface area contributed by atoms with Gasteiger partial charge in [-0.15, -0.1) is 0 Å². The number of hydrogen-bond donors (Lipinski definition) is 0. The van der Waals surface area contributed by atoms with Gasteiger partial charge in [0.25, 0.3) is 5.91 Å². The lowest BCUT2D eigenvalue weighted by Gasteiger charge is -2.08. The third-order valence-corrected chi connectivity index (χ3v) is 5.05. The number of carbonyl (C=O) groups is 2. The van der Waals surface area contributed by atoms with Crippen LogP contribution in [0.1, 0.15) is 33.6 Å². The van der Waals surface area contributed by atoms with Crippen LogP contribution in [-0.4, -0.2) is 30.2 Å². The lowest BCUT2D eigenvalue weighted by atomic mass is 10.1. The molecule has 3 aromatic rings. The molecule has 156 valence electrons. The molecular formula is C24H24FNO4. The number of fused-ring (bicyclic) bond motifs is 1. The van der Waals surface area contributed by atoms with Gasteiger partial charge in [-0.05, 0) is 44.0 Å². The van der Waals surface area contributed by atoms with Gasteiger partial charge in [-0.1, -0.05) is 30.4 Å². The van der Waals surface area contributed by atoms with Gasteiger partial charge in [-0.2, -0.15) is 0 Å². The van der Waals surface area contributed by atoms with Gasteiger partial charge in [0, 0.05) is 29.1 Å². The van der Waals surface area contributed by atoms with Crippen molar-refractivity contribution >= 4 is 22.8 Å². The van der Waals surface area contributed by atoms with Gasteiger partial charge in [0.1, 0.15) is 6.61 Å². The van der Waals surface area contributed by atoms with Crippen LogP contribution < -0.4 is 4.74 Å².